The average molecular weight is 248 g/mol. The summed E-state index contributed by atoms with van der Waals surface area (Å²) in [7, 11) is 0. The highest BCUT2D eigenvalue weighted by atomic mass is 16.4. The fraction of sp³-hybridized carbons (Fsp3) is 0.308. The molecule has 5 heteroatoms. The number of hydrazone groups is 1. The van der Waals surface area contributed by atoms with Crippen molar-refractivity contribution in [1.82, 2.24) is 5.43 Å². The summed E-state index contributed by atoms with van der Waals surface area (Å²) in [4.78, 5) is 21.9. The van der Waals surface area contributed by atoms with Crippen molar-refractivity contribution in [2.45, 2.75) is 26.2 Å². The van der Waals surface area contributed by atoms with E-state index in [1.165, 1.54) is 18.3 Å². The van der Waals surface area contributed by atoms with Crippen molar-refractivity contribution < 1.29 is 14.7 Å². The standard InChI is InChI=1S/C13H16N2O3/c1-2-3-4-12(16)15-14-9-10-5-7-11(8-6-10)13(17)18/h5-9H,2-4H2,1H3,(H,15,16)(H,17,18)/b14-9+. The van der Waals surface area contributed by atoms with Gasteiger partial charge in [-0.25, -0.2) is 10.2 Å². The Kier molecular flexibility index (Phi) is 5.57. The third-order valence-corrected chi connectivity index (χ3v) is 2.32. The van der Waals surface area contributed by atoms with Gasteiger partial charge in [-0.1, -0.05) is 25.5 Å². The Labute approximate surface area is 106 Å². The minimum Gasteiger partial charge on any atom is -0.478 e. The molecule has 1 amide bonds. The second kappa shape index (κ2) is 7.21. The van der Waals surface area contributed by atoms with E-state index < -0.39 is 5.97 Å². The van der Waals surface area contributed by atoms with Crippen LogP contribution in [0.15, 0.2) is 29.4 Å². The molecule has 0 bridgehead atoms. The lowest BCUT2D eigenvalue weighted by Gasteiger charge is -1.98. The molecule has 5 nitrogen and oxygen atoms in total. The van der Waals surface area contributed by atoms with E-state index in [9.17, 15) is 9.59 Å². The SMILES string of the molecule is CCCCC(=O)N/N=C/c1ccc(C(=O)O)cc1. The monoisotopic (exact) mass is 248 g/mol. The molecular formula is C13H16N2O3. The van der Waals surface area contributed by atoms with Gasteiger partial charge in [-0.05, 0) is 24.1 Å². The van der Waals surface area contributed by atoms with Crippen molar-refractivity contribution in [2.24, 2.45) is 5.10 Å². The molecule has 0 aromatic heterocycles. The Morgan fingerprint density at radius 2 is 2.00 bits per heavy atom. The van der Waals surface area contributed by atoms with E-state index in [2.05, 4.69) is 10.5 Å². The molecule has 0 aliphatic carbocycles. The normalized spacial score (nSPS) is 10.5. The lowest BCUT2D eigenvalue weighted by molar-refractivity contribution is -0.121. The van der Waals surface area contributed by atoms with Crippen molar-refractivity contribution in [1.29, 1.82) is 0 Å². The van der Waals surface area contributed by atoms with Crippen molar-refractivity contribution in [2.75, 3.05) is 0 Å². The van der Waals surface area contributed by atoms with Gasteiger partial charge < -0.3 is 5.11 Å². The zero-order chi connectivity index (χ0) is 13.4. The number of carboxylic acids is 1. The van der Waals surface area contributed by atoms with E-state index in [-0.39, 0.29) is 11.5 Å². The summed E-state index contributed by atoms with van der Waals surface area (Å²) in [5.41, 5.74) is 3.37. The number of aromatic carboxylic acids is 1. The lowest BCUT2D eigenvalue weighted by Crippen LogP contribution is -2.16. The maximum Gasteiger partial charge on any atom is 0.335 e. The van der Waals surface area contributed by atoms with Crippen molar-refractivity contribution in [3.8, 4) is 0 Å². The third-order valence-electron chi connectivity index (χ3n) is 2.32. The smallest absolute Gasteiger partial charge is 0.335 e. The number of hydrogen-bond acceptors (Lipinski definition) is 3. The van der Waals surface area contributed by atoms with Crippen LogP contribution in [0, 0.1) is 0 Å². The molecule has 1 rings (SSSR count). The second-order valence-corrected chi connectivity index (χ2v) is 3.82. The third kappa shape index (κ3) is 4.78. The minimum atomic E-state index is -0.966. The predicted octanol–water partition coefficient (Wildman–Crippen LogP) is 2.03. The van der Waals surface area contributed by atoms with Gasteiger partial charge in [0.1, 0.15) is 0 Å². The fourth-order valence-corrected chi connectivity index (χ4v) is 1.28. The fourth-order valence-electron chi connectivity index (χ4n) is 1.28. The first-order valence-electron chi connectivity index (χ1n) is 5.78. The molecule has 0 aliphatic heterocycles. The summed E-state index contributed by atoms with van der Waals surface area (Å²) in [6, 6.07) is 6.24. The number of carboxylic acid groups (broad SMARTS) is 1. The molecule has 0 saturated heterocycles. The molecule has 1 aromatic carbocycles. The van der Waals surface area contributed by atoms with E-state index in [1.54, 1.807) is 12.1 Å². The first-order valence-corrected chi connectivity index (χ1v) is 5.78. The van der Waals surface area contributed by atoms with Crippen molar-refractivity contribution in [3.63, 3.8) is 0 Å². The highest BCUT2D eigenvalue weighted by Gasteiger charge is 2.00. The number of carbonyl (C=O) groups excluding carboxylic acids is 1. The van der Waals surface area contributed by atoms with Crippen LogP contribution < -0.4 is 5.43 Å². The van der Waals surface area contributed by atoms with Gasteiger partial charge in [-0.3, -0.25) is 4.79 Å². The van der Waals surface area contributed by atoms with Gasteiger partial charge in [0.05, 0.1) is 11.8 Å². The molecule has 0 radical (unpaired) electrons. The highest BCUT2D eigenvalue weighted by Crippen LogP contribution is 2.02. The molecule has 0 heterocycles. The number of amides is 1. The highest BCUT2D eigenvalue weighted by molar-refractivity contribution is 5.89. The van der Waals surface area contributed by atoms with Crippen LogP contribution in [0.1, 0.15) is 42.1 Å². The van der Waals surface area contributed by atoms with E-state index in [1.807, 2.05) is 6.92 Å². The molecule has 2 N–H and O–H groups in total. The summed E-state index contributed by atoms with van der Waals surface area (Å²) < 4.78 is 0. The van der Waals surface area contributed by atoms with Gasteiger partial charge in [-0.2, -0.15) is 5.10 Å². The molecule has 0 fully saturated rings. The van der Waals surface area contributed by atoms with Gasteiger partial charge in [0.25, 0.3) is 0 Å². The Hall–Kier alpha value is -2.17. The number of nitrogens with one attached hydrogen (secondary N) is 1. The zero-order valence-corrected chi connectivity index (χ0v) is 10.2. The van der Waals surface area contributed by atoms with E-state index in [4.69, 9.17) is 5.11 Å². The second-order valence-electron chi connectivity index (χ2n) is 3.82. The topological polar surface area (TPSA) is 78.8 Å². The van der Waals surface area contributed by atoms with Crippen LogP contribution in [0.25, 0.3) is 0 Å². The lowest BCUT2D eigenvalue weighted by atomic mass is 10.1. The van der Waals surface area contributed by atoms with Crippen LogP contribution in [-0.2, 0) is 4.79 Å². The largest absolute Gasteiger partial charge is 0.478 e. The quantitative estimate of drug-likeness (QED) is 0.597. The minimum absolute atomic E-state index is 0.116. The van der Waals surface area contributed by atoms with Crippen LogP contribution in [0.5, 0.6) is 0 Å². The average Bonchev–Trinajstić information content (AvgIpc) is 2.37. The number of rotatable bonds is 6. The zero-order valence-electron chi connectivity index (χ0n) is 10.2. The Morgan fingerprint density at radius 1 is 1.33 bits per heavy atom. The predicted molar refractivity (Wildman–Crippen MR) is 68.7 cm³/mol. The van der Waals surface area contributed by atoms with Crippen LogP contribution in [-0.4, -0.2) is 23.2 Å². The maximum absolute atomic E-state index is 11.2. The van der Waals surface area contributed by atoms with Gasteiger partial charge in [0.15, 0.2) is 0 Å². The number of nitrogens with zero attached hydrogens (tertiary/aromatic N) is 1. The van der Waals surface area contributed by atoms with E-state index in [0.717, 1.165) is 18.4 Å². The van der Waals surface area contributed by atoms with Crippen molar-refractivity contribution in [3.05, 3.63) is 35.4 Å². The molecule has 96 valence electrons. The summed E-state index contributed by atoms with van der Waals surface area (Å²) in [5.74, 6) is -1.08. The number of hydrogen-bond donors (Lipinski definition) is 2. The molecule has 0 unspecified atom stereocenters. The first-order chi connectivity index (χ1) is 8.63. The molecule has 18 heavy (non-hydrogen) atoms. The van der Waals surface area contributed by atoms with E-state index in [0.29, 0.717) is 6.42 Å². The summed E-state index contributed by atoms with van der Waals surface area (Å²) in [5, 5.41) is 12.5. The molecule has 0 spiro atoms. The van der Waals surface area contributed by atoms with E-state index >= 15 is 0 Å². The number of carbonyl (C=O) groups is 2. The Bertz CT molecular complexity index is 438. The molecular weight excluding hydrogens is 232 g/mol. The molecule has 1 aromatic rings. The van der Waals surface area contributed by atoms with Crippen LogP contribution in [0.3, 0.4) is 0 Å². The first kappa shape index (κ1) is 13.9. The summed E-state index contributed by atoms with van der Waals surface area (Å²) in [6.07, 6.45) is 3.75. The van der Waals surface area contributed by atoms with Crippen LogP contribution in [0.2, 0.25) is 0 Å². The van der Waals surface area contributed by atoms with Gasteiger partial charge in [0, 0.05) is 6.42 Å². The number of unbranched alkanes of at least 4 members (excludes halogenated alkanes) is 1. The van der Waals surface area contributed by atoms with Gasteiger partial charge >= 0.3 is 5.97 Å². The number of benzene rings is 1. The van der Waals surface area contributed by atoms with Gasteiger partial charge in [0.2, 0.25) is 5.91 Å². The summed E-state index contributed by atoms with van der Waals surface area (Å²) in [6.45, 7) is 2.01. The Balaban J connectivity index is 2.47. The van der Waals surface area contributed by atoms with Crippen LogP contribution >= 0.6 is 0 Å². The maximum atomic E-state index is 11.2. The van der Waals surface area contributed by atoms with Crippen molar-refractivity contribution >= 4 is 18.1 Å². The summed E-state index contributed by atoms with van der Waals surface area (Å²) >= 11 is 0. The molecule has 0 saturated carbocycles. The molecule has 0 aliphatic rings. The van der Waals surface area contributed by atoms with Gasteiger partial charge in [-0.15, -0.1) is 0 Å². The van der Waals surface area contributed by atoms with Crippen LogP contribution in [0.4, 0.5) is 0 Å². The Morgan fingerprint density at radius 3 is 2.56 bits per heavy atom. The molecule has 0 atom stereocenters.